The van der Waals surface area contributed by atoms with Gasteiger partial charge in [0.05, 0.1) is 0 Å². The van der Waals surface area contributed by atoms with Crippen LogP contribution in [0.25, 0.3) is 5.32 Å². The Hall–Kier alpha value is 1.46. The zero-order valence-corrected chi connectivity index (χ0v) is 16.5. The van der Waals surface area contributed by atoms with Crippen molar-refractivity contribution < 1.29 is 21.7 Å². The Balaban J connectivity index is -0.0000000411. The molecule has 0 saturated carbocycles. The molecule has 0 aromatic heterocycles. The van der Waals surface area contributed by atoms with Crippen LogP contribution in [0.2, 0.25) is 0 Å². The van der Waals surface area contributed by atoms with E-state index in [-0.39, 0.29) is 81.2 Å². The summed E-state index contributed by atoms with van der Waals surface area (Å²) in [6.07, 6.45) is 3.65. The van der Waals surface area contributed by atoms with Crippen LogP contribution >= 0.6 is 37.2 Å². The van der Waals surface area contributed by atoms with E-state index in [0.717, 1.165) is 39.3 Å². The van der Waals surface area contributed by atoms with Crippen molar-refractivity contribution in [3.05, 3.63) is 27.6 Å². The van der Waals surface area contributed by atoms with Crippen LogP contribution in [0, 0.1) is 22.3 Å². The van der Waals surface area contributed by atoms with Gasteiger partial charge in [-0.25, -0.2) is 0 Å². The molecule has 19 heavy (non-hydrogen) atoms. The molecule has 1 rings (SSSR count). The Kier molecular flexibility index (Phi) is 82.4. The Labute approximate surface area is 155 Å². The molecule has 0 aromatic carbocycles. The number of rotatable bonds is 0. The molecule has 120 valence electrons. The molecule has 0 aliphatic carbocycles. The van der Waals surface area contributed by atoms with Gasteiger partial charge in [0.15, 0.2) is 0 Å². The van der Waals surface area contributed by atoms with Crippen LogP contribution in [0.1, 0.15) is 19.3 Å². The molecule has 0 atom stereocenters. The molecule has 1 heterocycles. The molecule has 1 aliphatic rings. The molecule has 1 saturated heterocycles. The number of hydrogen-bond acceptors (Lipinski definition) is 2. The van der Waals surface area contributed by atoms with E-state index in [0.29, 0.717) is 0 Å². The summed E-state index contributed by atoms with van der Waals surface area (Å²) < 4.78 is 0. The van der Waals surface area contributed by atoms with Crippen LogP contribution in [0.4, 0.5) is 0 Å². The summed E-state index contributed by atoms with van der Waals surface area (Å²) in [6, 6.07) is 0. The Morgan fingerprint density at radius 2 is 0.895 bits per heavy atom. The SMILES string of the molecule is C1C[N-]CCCNCCCNC1.Cl.Cl.Cl.[CH3-].[CH3-].[CH3-].[Ti+4]. The maximum absolute atomic E-state index is 4.42. The maximum atomic E-state index is 4.42. The molecule has 0 aromatic rings. The summed E-state index contributed by atoms with van der Waals surface area (Å²) in [5, 5.41) is 11.2. The van der Waals surface area contributed by atoms with Gasteiger partial charge in [0.25, 0.3) is 0 Å². The van der Waals surface area contributed by atoms with E-state index in [2.05, 4.69) is 16.0 Å². The third kappa shape index (κ3) is 32.7. The third-order valence-corrected chi connectivity index (χ3v) is 2.05. The van der Waals surface area contributed by atoms with Gasteiger partial charge in [-0.15, -0.1) is 50.3 Å². The van der Waals surface area contributed by atoms with Gasteiger partial charge < -0.3 is 38.2 Å². The van der Waals surface area contributed by atoms with Gasteiger partial charge in [0.1, 0.15) is 0 Å². The smallest absolute Gasteiger partial charge is 0.662 e. The Bertz CT molecular complexity index is 71.2. The Morgan fingerprint density at radius 3 is 1.26 bits per heavy atom. The second-order valence-corrected chi connectivity index (χ2v) is 3.23. The number of nitrogens with zero attached hydrogens (tertiary/aromatic N) is 1. The van der Waals surface area contributed by atoms with Gasteiger partial charge in [-0.2, -0.15) is 0 Å². The summed E-state index contributed by atoms with van der Waals surface area (Å²) >= 11 is 0. The van der Waals surface area contributed by atoms with Crippen LogP contribution < -0.4 is 10.6 Å². The van der Waals surface area contributed by atoms with Crippen molar-refractivity contribution in [1.82, 2.24) is 10.6 Å². The number of hydrogen-bond donors (Lipinski definition) is 2. The first kappa shape index (κ1) is 42.8. The standard InChI is InChI=1S/C9H20N3.3CH3.3ClH.Ti/c1-4-10-6-2-8-12-9-3-7-11-5-1;;;;;;;/h10-11H,1-9H2;3*1H3;3*1H;/q4*-1;;;;+4. The summed E-state index contributed by atoms with van der Waals surface area (Å²) in [7, 11) is 0. The first-order valence-corrected chi connectivity index (χ1v) is 5.05. The first-order chi connectivity index (χ1) is 6.00. The van der Waals surface area contributed by atoms with Crippen molar-refractivity contribution in [3.63, 3.8) is 0 Å². The minimum Gasteiger partial charge on any atom is -0.662 e. The summed E-state index contributed by atoms with van der Waals surface area (Å²) in [4.78, 5) is 0. The Morgan fingerprint density at radius 1 is 0.579 bits per heavy atom. The normalized spacial score (nSPS) is 15.2. The van der Waals surface area contributed by atoms with Crippen molar-refractivity contribution in [3.8, 4) is 0 Å². The summed E-state index contributed by atoms with van der Waals surface area (Å²) in [6.45, 7) is 6.62. The molecule has 0 unspecified atom stereocenters. The van der Waals surface area contributed by atoms with Crippen LogP contribution in [-0.2, 0) is 21.7 Å². The quantitative estimate of drug-likeness (QED) is 0.506. The van der Waals surface area contributed by atoms with E-state index >= 15 is 0 Å². The maximum Gasteiger partial charge on any atom is 4.00 e. The van der Waals surface area contributed by atoms with Gasteiger partial charge in [-0.1, -0.05) is 12.8 Å². The molecule has 0 spiro atoms. The largest absolute Gasteiger partial charge is 4.00 e. The van der Waals surface area contributed by atoms with Crippen molar-refractivity contribution in [2.24, 2.45) is 0 Å². The number of halogens is 3. The van der Waals surface area contributed by atoms with Gasteiger partial charge in [0, 0.05) is 0 Å². The minimum absolute atomic E-state index is 0. The predicted molar refractivity (Wildman–Crippen MR) is 93.7 cm³/mol. The van der Waals surface area contributed by atoms with Crippen LogP contribution in [0.3, 0.4) is 0 Å². The van der Waals surface area contributed by atoms with Crippen molar-refractivity contribution in [2.45, 2.75) is 19.3 Å². The van der Waals surface area contributed by atoms with E-state index in [1.807, 2.05) is 0 Å². The molecule has 0 radical (unpaired) electrons. The van der Waals surface area contributed by atoms with Crippen molar-refractivity contribution >= 4 is 37.2 Å². The topological polar surface area (TPSA) is 38.2 Å². The number of nitrogens with one attached hydrogen (secondary N) is 2. The summed E-state index contributed by atoms with van der Waals surface area (Å²) in [5.41, 5.74) is 0. The first-order valence-electron chi connectivity index (χ1n) is 5.05. The van der Waals surface area contributed by atoms with Crippen molar-refractivity contribution in [2.75, 3.05) is 39.3 Å². The molecule has 3 nitrogen and oxygen atoms in total. The second-order valence-electron chi connectivity index (χ2n) is 3.23. The van der Waals surface area contributed by atoms with Gasteiger partial charge in [0.2, 0.25) is 0 Å². The molecule has 2 N–H and O–H groups in total. The molecule has 0 amide bonds. The van der Waals surface area contributed by atoms with Gasteiger partial charge in [-0.05, 0) is 32.6 Å². The average molecular weight is 373 g/mol. The zero-order chi connectivity index (χ0) is 8.49. The fourth-order valence-corrected chi connectivity index (χ4v) is 1.33. The van der Waals surface area contributed by atoms with Crippen molar-refractivity contribution in [1.29, 1.82) is 0 Å². The van der Waals surface area contributed by atoms with E-state index in [4.69, 9.17) is 0 Å². The minimum atomic E-state index is 0. The van der Waals surface area contributed by atoms with E-state index in [1.54, 1.807) is 0 Å². The molecule has 0 bridgehead atoms. The van der Waals surface area contributed by atoms with E-state index < -0.39 is 0 Å². The molecule has 1 fully saturated rings. The van der Waals surface area contributed by atoms with Crippen LogP contribution in [-0.4, -0.2) is 39.3 Å². The predicted octanol–water partition coefficient (Wildman–Crippen LogP) is 3.34. The fraction of sp³-hybridized carbons (Fsp3) is 0.750. The second kappa shape index (κ2) is 36.6. The average Bonchev–Trinajstić information content (AvgIpc) is 2.05. The fourth-order valence-electron chi connectivity index (χ4n) is 1.33. The third-order valence-electron chi connectivity index (χ3n) is 2.05. The van der Waals surface area contributed by atoms with Gasteiger partial charge >= 0.3 is 21.7 Å². The molecular formula is C12H32Cl3N3Ti. The molecule has 7 heteroatoms. The monoisotopic (exact) mass is 371 g/mol. The van der Waals surface area contributed by atoms with Gasteiger partial charge in [-0.3, -0.25) is 0 Å². The van der Waals surface area contributed by atoms with Crippen LogP contribution in [0.15, 0.2) is 0 Å². The summed E-state index contributed by atoms with van der Waals surface area (Å²) in [5.74, 6) is 0. The molecular weight excluding hydrogens is 340 g/mol. The van der Waals surface area contributed by atoms with Crippen LogP contribution in [0.5, 0.6) is 0 Å². The van der Waals surface area contributed by atoms with E-state index in [9.17, 15) is 0 Å². The van der Waals surface area contributed by atoms with E-state index in [1.165, 1.54) is 19.3 Å². The molecule has 1 aliphatic heterocycles. The zero-order valence-electron chi connectivity index (χ0n) is 12.5.